The lowest BCUT2D eigenvalue weighted by molar-refractivity contribution is -0.129. The second-order valence-electron chi connectivity index (χ2n) is 5.90. The van der Waals surface area contributed by atoms with Crippen LogP contribution in [0, 0.1) is 0 Å². The van der Waals surface area contributed by atoms with Gasteiger partial charge in [0.05, 0.1) is 6.54 Å². The molecule has 1 amide bonds. The summed E-state index contributed by atoms with van der Waals surface area (Å²) in [5, 5.41) is 3.53. The van der Waals surface area contributed by atoms with E-state index < -0.39 is 0 Å². The molecule has 1 atom stereocenters. The molecule has 1 aromatic carbocycles. The largest absolute Gasteiger partial charge is 0.360 e. The van der Waals surface area contributed by atoms with Crippen LogP contribution >= 0.6 is 0 Å². The number of hydrogen-bond acceptors (Lipinski definition) is 3. The van der Waals surface area contributed by atoms with Crippen LogP contribution in [0.2, 0.25) is 0 Å². The first kappa shape index (κ1) is 13.4. The third kappa shape index (κ3) is 2.96. The third-order valence-electron chi connectivity index (χ3n) is 4.40. The summed E-state index contributed by atoms with van der Waals surface area (Å²) in [5.74, 6) is 0.204. The lowest BCUT2D eigenvalue weighted by Crippen LogP contribution is -2.48. The van der Waals surface area contributed by atoms with Gasteiger partial charge in [-0.25, -0.2) is 0 Å². The van der Waals surface area contributed by atoms with Crippen molar-refractivity contribution in [2.24, 2.45) is 0 Å². The zero-order chi connectivity index (χ0) is 13.9. The Morgan fingerprint density at radius 1 is 1.25 bits per heavy atom. The van der Waals surface area contributed by atoms with E-state index in [0.717, 1.165) is 31.7 Å². The molecule has 2 heterocycles. The summed E-state index contributed by atoms with van der Waals surface area (Å²) in [7, 11) is 1.87. The zero-order valence-corrected chi connectivity index (χ0v) is 12.1. The van der Waals surface area contributed by atoms with Crippen molar-refractivity contribution in [3.8, 4) is 0 Å². The highest BCUT2D eigenvalue weighted by Gasteiger charge is 2.21. The Balaban J connectivity index is 1.62. The Hall–Kier alpha value is -1.55. The standard InChI is InChI=1S/C16H23N3O/c1-18-9-10-19(12-16(18)20)15-6-4-13(5-7-15)11-14-3-2-8-17-14/h4-7,14,17H,2-3,8-12H2,1H3. The van der Waals surface area contributed by atoms with Crippen molar-refractivity contribution >= 4 is 11.6 Å². The molecule has 0 saturated carbocycles. The molecule has 1 aromatic rings. The summed E-state index contributed by atoms with van der Waals surface area (Å²) in [5.41, 5.74) is 2.54. The lowest BCUT2D eigenvalue weighted by Gasteiger charge is -2.33. The van der Waals surface area contributed by atoms with Gasteiger partial charge >= 0.3 is 0 Å². The maximum absolute atomic E-state index is 11.8. The van der Waals surface area contributed by atoms with E-state index in [1.54, 1.807) is 4.90 Å². The lowest BCUT2D eigenvalue weighted by atomic mass is 10.0. The van der Waals surface area contributed by atoms with Crippen LogP contribution in [0.15, 0.2) is 24.3 Å². The van der Waals surface area contributed by atoms with Crippen LogP contribution in [0.5, 0.6) is 0 Å². The summed E-state index contributed by atoms with van der Waals surface area (Å²) in [6, 6.07) is 9.37. The molecule has 2 aliphatic rings. The SMILES string of the molecule is CN1CCN(c2ccc(CC3CCCN3)cc2)CC1=O. The summed E-state index contributed by atoms with van der Waals surface area (Å²) >= 11 is 0. The fraction of sp³-hybridized carbons (Fsp3) is 0.562. The number of rotatable bonds is 3. The first-order valence-corrected chi connectivity index (χ1v) is 7.53. The van der Waals surface area contributed by atoms with E-state index in [9.17, 15) is 4.79 Å². The molecule has 20 heavy (non-hydrogen) atoms. The first-order chi connectivity index (χ1) is 9.72. The zero-order valence-electron chi connectivity index (χ0n) is 12.1. The molecule has 1 unspecified atom stereocenters. The molecule has 108 valence electrons. The van der Waals surface area contributed by atoms with Gasteiger partial charge in [-0.3, -0.25) is 4.79 Å². The van der Waals surface area contributed by atoms with Crippen LogP contribution in [-0.4, -0.2) is 50.1 Å². The normalized spacial score (nSPS) is 23.4. The maximum Gasteiger partial charge on any atom is 0.241 e. The average Bonchev–Trinajstić information content (AvgIpc) is 2.96. The number of nitrogens with one attached hydrogen (secondary N) is 1. The topological polar surface area (TPSA) is 35.6 Å². The number of likely N-dealkylation sites (N-methyl/N-ethyl adjacent to an activating group) is 1. The molecule has 3 rings (SSSR count). The molecule has 0 spiro atoms. The Morgan fingerprint density at radius 2 is 2.05 bits per heavy atom. The smallest absolute Gasteiger partial charge is 0.241 e. The van der Waals surface area contributed by atoms with Gasteiger partial charge in [-0.05, 0) is 43.5 Å². The Labute approximate surface area is 120 Å². The Kier molecular flexibility index (Phi) is 3.92. The van der Waals surface area contributed by atoms with Crippen molar-refractivity contribution < 1.29 is 4.79 Å². The van der Waals surface area contributed by atoms with Gasteiger partial charge in [0.1, 0.15) is 0 Å². The Morgan fingerprint density at radius 3 is 2.70 bits per heavy atom. The van der Waals surface area contributed by atoms with Crippen LogP contribution in [-0.2, 0) is 11.2 Å². The minimum absolute atomic E-state index is 0.204. The van der Waals surface area contributed by atoms with Crippen molar-refractivity contribution in [1.82, 2.24) is 10.2 Å². The molecule has 0 bridgehead atoms. The predicted molar refractivity (Wildman–Crippen MR) is 81.0 cm³/mol. The minimum Gasteiger partial charge on any atom is -0.360 e. The minimum atomic E-state index is 0.204. The number of carbonyl (C=O) groups excluding carboxylic acids is 1. The molecule has 0 radical (unpaired) electrons. The fourth-order valence-corrected chi connectivity index (χ4v) is 3.04. The summed E-state index contributed by atoms with van der Waals surface area (Å²) < 4.78 is 0. The number of carbonyl (C=O) groups is 1. The van der Waals surface area contributed by atoms with Crippen molar-refractivity contribution in [2.75, 3.05) is 38.1 Å². The molecule has 2 saturated heterocycles. The van der Waals surface area contributed by atoms with E-state index in [1.165, 1.54) is 18.4 Å². The quantitative estimate of drug-likeness (QED) is 0.900. The Bertz CT molecular complexity index is 465. The summed E-state index contributed by atoms with van der Waals surface area (Å²) in [4.78, 5) is 15.7. The second-order valence-corrected chi connectivity index (χ2v) is 5.90. The molecule has 4 nitrogen and oxygen atoms in total. The summed E-state index contributed by atoms with van der Waals surface area (Å²) in [6.07, 6.45) is 3.70. The molecule has 2 aliphatic heterocycles. The molecular formula is C16H23N3O. The molecule has 0 aliphatic carbocycles. The first-order valence-electron chi connectivity index (χ1n) is 7.53. The predicted octanol–water partition coefficient (Wildman–Crippen LogP) is 1.26. The van der Waals surface area contributed by atoms with Gasteiger partial charge in [0, 0.05) is 31.9 Å². The van der Waals surface area contributed by atoms with Crippen LogP contribution < -0.4 is 10.2 Å². The molecule has 2 fully saturated rings. The van der Waals surface area contributed by atoms with Gasteiger partial charge in [0.15, 0.2) is 0 Å². The van der Waals surface area contributed by atoms with Gasteiger partial charge in [-0.15, -0.1) is 0 Å². The van der Waals surface area contributed by atoms with Gasteiger partial charge in [-0.1, -0.05) is 12.1 Å². The van der Waals surface area contributed by atoms with Crippen molar-refractivity contribution in [2.45, 2.75) is 25.3 Å². The van der Waals surface area contributed by atoms with E-state index in [0.29, 0.717) is 12.6 Å². The van der Waals surface area contributed by atoms with Crippen LogP contribution in [0.1, 0.15) is 18.4 Å². The van der Waals surface area contributed by atoms with Gasteiger partial charge < -0.3 is 15.1 Å². The van der Waals surface area contributed by atoms with Crippen LogP contribution in [0.25, 0.3) is 0 Å². The fourth-order valence-electron chi connectivity index (χ4n) is 3.04. The summed E-state index contributed by atoms with van der Waals surface area (Å²) in [6.45, 7) is 3.39. The van der Waals surface area contributed by atoms with Crippen molar-refractivity contribution in [3.05, 3.63) is 29.8 Å². The molecule has 1 N–H and O–H groups in total. The van der Waals surface area contributed by atoms with E-state index in [2.05, 4.69) is 34.5 Å². The number of anilines is 1. The number of nitrogens with zero attached hydrogens (tertiary/aromatic N) is 2. The van der Waals surface area contributed by atoms with Gasteiger partial charge in [0.2, 0.25) is 5.91 Å². The van der Waals surface area contributed by atoms with Crippen LogP contribution in [0.3, 0.4) is 0 Å². The van der Waals surface area contributed by atoms with Gasteiger partial charge in [0.25, 0.3) is 0 Å². The highest BCUT2D eigenvalue weighted by molar-refractivity contribution is 5.82. The average molecular weight is 273 g/mol. The van der Waals surface area contributed by atoms with Gasteiger partial charge in [-0.2, -0.15) is 0 Å². The monoisotopic (exact) mass is 273 g/mol. The van der Waals surface area contributed by atoms with E-state index in [-0.39, 0.29) is 5.91 Å². The number of amides is 1. The number of piperazine rings is 1. The van der Waals surface area contributed by atoms with E-state index >= 15 is 0 Å². The molecule has 4 heteroatoms. The highest BCUT2D eigenvalue weighted by Crippen LogP contribution is 2.19. The highest BCUT2D eigenvalue weighted by atomic mass is 16.2. The maximum atomic E-state index is 11.8. The van der Waals surface area contributed by atoms with Crippen LogP contribution in [0.4, 0.5) is 5.69 Å². The van der Waals surface area contributed by atoms with Crippen molar-refractivity contribution in [1.29, 1.82) is 0 Å². The third-order valence-corrected chi connectivity index (χ3v) is 4.40. The number of hydrogen-bond donors (Lipinski definition) is 1. The molecular weight excluding hydrogens is 250 g/mol. The second kappa shape index (κ2) is 5.83. The van der Waals surface area contributed by atoms with E-state index in [4.69, 9.17) is 0 Å². The van der Waals surface area contributed by atoms with Crippen molar-refractivity contribution in [3.63, 3.8) is 0 Å². The number of benzene rings is 1. The van der Waals surface area contributed by atoms with E-state index in [1.807, 2.05) is 7.05 Å². The molecule has 0 aromatic heterocycles.